The van der Waals surface area contributed by atoms with Gasteiger partial charge in [0.05, 0.1) is 0 Å². The number of nitrogens with two attached hydrogens (primary N) is 1. The molecule has 0 aliphatic rings. The first kappa shape index (κ1) is 13.5. The van der Waals surface area contributed by atoms with Crippen LogP contribution in [0.1, 0.15) is 36.8 Å². The van der Waals surface area contributed by atoms with Crippen LogP contribution in [0.15, 0.2) is 24.5 Å². The lowest BCUT2D eigenvalue weighted by atomic mass is 10.1. The molecule has 5 nitrogen and oxygen atoms in total. The van der Waals surface area contributed by atoms with Crippen molar-refractivity contribution in [2.24, 2.45) is 5.73 Å². The fraction of sp³-hybridized carbons (Fsp3) is 0.429. The summed E-state index contributed by atoms with van der Waals surface area (Å²) in [6.45, 7) is 7.08. The molecule has 0 radical (unpaired) electrons. The van der Waals surface area contributed by atoms with Gasteiger partial charge in [-0.2, -0.15) is 5.10 Å². The lowest BCUT2D eigenvalue weighted by molar-refractivity contribution is 0.280. The summed E-state index contributed by atoms with van der Waals surface area (Å²) in [5.74, 6) is 1.67. The van der Waals surface area contributed by atoms with Gasteiger partial charge in [-0.05, 0) is 38.0 Å². The monoisotopic (exact) mass is 260 g/mol. The summed E-state index contributed by atoms with van der Waals surface area (Å²) in [4.78, 5) is 4.23. The largest absolute Gasteiger partial charge is 0.485 e. The van der Waals surface area contributed by atoms with Gasteiger partial charge in [0.25, 0.3) is 0 Å². The van der Waals surface area contributed by atoms with Gasteiger partial charge in [-0.25, -0.2) is 9.67 Å². The maximum atomic E-state index is 5.84. The third-order valence-corrected chi connectivity index (χ3v) is 2.98. The Kier molecular flexibility index (Phi) is 4.16. The molecule has 2 aromatic rings. The standard InChI is InChI=1S/C14H20N4O/c1-10(2)18-14(16-9-17-18)8-19-13-6-12(7-15)5-4-11(13)3/h4-6,9-10H,7-8,15H2,1-3H3. The van der Waals surface area contributed by atoms with Crippen molar-refractivity contribution in [2.75, 3.05) is 0 Å². The normalized spacial score (nSPS) is 11.0. The molecular formula is C14H20N4O. The molecule has 0 saturated carbocycles. The van der Waals surface area contributed by atoms with Gasteiger partial charge < -0.3 is 10.5 Å². The number of rotatable bonds is 5. The first-order valence-electron chi connectivity index (χ1n) is 6.42. The predicted octanol–water partition coefficient (Wildman–Crippen LogP) is 2.21. The number of aromatic nitrogens is 3. The highest BCUT2D eigenvalue weighted by Crippen LogP contribution is 2.20. The van der Waals surface area contributed by atoms with E-state index < -0.39 is 0 Å². The van der Waals surface area contributed by atoms with E-state index in [2.05, 4.69) is 23.9 Å². The van der Waals surface area contributed by atoms with Crippen LogP contribution in [-0.2, 0) is 13.2 Å². The maximum absolute atomic E-state index is 5.84. The van der Waals surface area contributed by atoms with Crippen molar-refractivity contribution >= 4 is 0 Å². The van der Waals surface area contributed by atoms with Crippen molar-refractivity contribution in [1.82, 2.24) is 14.8 Å². The third kappa shape index (κ3) is 3.12. The van der Waals surface area contributed by atoms with Gasteiger partial charge in [-0.1, -0.05) is 12.1 Å². The second-order valence-electron chi connectivity index (χ2n) is 4.81. The molecule has 5 heteroatoms. The Morgan fingerprint density at radius 1 is 1.37 bits per heavy atom. The molecule has 0 saturated heterocycles. The zero-order valence-electron chi connectivity index (χ0n) is 11.6. The van der Waals surface area contributed by atoms with Gasteiger partial charge in [-0.3, -0.25) is 0 Å². The summed E-state index contributed by atoms with van der Waals surface area (Å²) in [6, 6.07) is 6.28. The Hall–Kier alpha value is -1.88. The van der Waals surface area contributed by atoms with E-state index in [4.69, 9.17) is 10.5 Å². The fourth-order valence-corrected chi connectivity index (χ4v) is 1.88. The number of hydrogen-bond donors (Lipinski definition) is 1. The average molecular weight is 260 g/mol. The van der Waals surface area contributed by atoms with Crippen LogP contribution in [-0.4, -0.2) is 14.8 Å². The summed E-state index contributed by atoms with van der Waals surface area (Å²) in [5.41, 5.74) is 7.79. The Morgan fingerprint density at radius 2 is 2.16 bits per heavy atom. The van der Waals surface area contributed by atoms with Crippen LogP contribution in [0.25, 0.3) is 0 Å². The van der Waals surface area contributed by atoms with Crippen LogP contribution in [0.4, 0.5) is 0 Å². The fourth-order valence-electron chi connectivity index (χ4n) is 1.88. The molecule has 0 spiro atoms. The maximum Gasteiger partial charge on any atom is 0.165 e. The van der Waals surface area contributed by atoms with E-state index in [1.54, 1.807) is 6.33 Å². The van der Waals surface area contributed by atoms with E-state index in [9.17, 15) is 0 Å². The van der Waals surface area contributed by atoms with Gasteiger partial charge >= 0.3 is 0 Å². The quantitative estimate of drug-likeness (QED) is 0.895. The number of benzene rings is 1. The summed E-state index contributed by atoms with van der Waals surface area (Å²) in [7, 11) is 0. The second-order valence-corrected chi connectivity index (χ2v) is 4.81. The van der Waals surface area contributed by atoms with Crippen LogP contribution in [0.3, 0.4) is 0 Å². The highest BCUT2D eigenvalue weighted by Gasteiger charge is 2.09. The van der Waals surface area contributed by atoms with Crippen molar-refractivity contribution in [1.29, 1.82) is 0 Å². The topological polar surface area (TPSA) is 66.0 Å². The smallest absolute Gasteiger partial charge is 0.165 e. The van der Waals surface area contributed by atoms with E-state index in [0.29, 0.717) is 13.2 Å². The number of aryl methyl sites for hydroxylation is 1. The predicted molar refractivity (Wildman–Crippen MR) is 73.8 cm³/mol. The van der Waals surface area contributed by atoms with E-state index >= 15 is 0 Å². The molecule has 0 unspecified atom stereocenters. The molecule has 1 aromatic carbocycles. The highest BCUT2D eigenvalue weighted by atomic mass is 16.5. The van der Waals surface area contributed by atoms with E-state index in [0.717, 1.165) is 22.7 Å². The lowest BCUT2D eigenvalue weighted by Crippen LogP contribution is -2.11. The molecule has 1 aromatic heterocycles. The molecular weight excluding hydrogens is 240 g/mol. The Bertz CT molecular complexity index is 548. The summed E-state index contributed by atoms with van der Waals surface area (Å²) in [6.07, 6.45) is 1.56. The zero-order valence-corrected chi connectivity index (χ0v) is 11.6. The molecule has 2 rings (SSSR count). The van der Waals surface area contributed by atoms with Crippen molar-refractivity contribution < 1.29 is 4.74 Å². The average Bonchev–Trinajstić information content (AvgIpc) is 2.86. The molecule has 0 aliphatic carbocycles. The lowest BCUT2D eigenvalue weighted by Gasteiger charge is -2.12. The van der Waals surface area contributed by atoms with E-state index in [1.165, 1.54) is 0 Å². The molecule has 1 heterocycles. The minimum atomic E-state index is 0.276. The molecule has 0 bridgehead atoms. The van der Waals surface area contributed by atoms with Gasteiger partial charge in [0, 0.05) is 12.6 Å². The number of hydrogen-bond acceptors (Lipinski definition) is 4. The van der Waals surface area contributed by atoms with E-state index in [-0.39, 0.29) is 6.04 Å². The summed E-state index contributed by atoms with van der Waals surface area (Å²) < 4.78 is 7.70. The van der Waals surface area contributed by atoms with Crippen LogP contribution < -0.4 is 10.5 Å². The molecule has 19 heavy (non-hydrogen) atoms. The second kappa shape index (κ2) is 5.84. The van der Waals surface area contributed by atoms with Gasteiger partial charge in [0.15, 0.2) is 5.82 Å². The first-order valence-corrected chi connectivity index (χ1v) is 6.42. The molecule has 2 N–H and O–H groups in total. The Morgan fingerprint density at radius 3 is 2.84 bits per heavy atom. The minimum Gasteiger partial charge on any atom is -0.485 e. The molecule has 0 atom stereocenters. The minimum absolute atomic E-state index is 0.276. The van der Waals surface area contributed by atoms with Crippen LogP contribution in [0.5, 0.6) is 5.75 Å². The molecule has 0 fully saturated rings. The van der Waals surface area contributed by atoms with Crippen LogP contribution in [0.2, 0.25) is 0 Å². The molecule has 0 aliphatic heterocycles. The van der Waals surface area contributed by atoms with Gasteiger partial charge in [-0.15, -0.1) is 0 Å². The zero-order chi connectivity index (χ0) is 13.8. The number of nitrogens with zero attached hydrogens (tertiary/aromatic N) is 3. The third-order valence-electron chi connectivity index (χ3n) is 2.98. The van der Waals surface area contributed by atoms with Crippen LogP contribution in [0, 0.1) is 6.92 Å². The van der Waals surface area contributed by atoms with Gasteiger partial charge in [0.1, 0.15) is 18.7 Å². The van der Waals surface area contributed by atoms with E-state index in [1.807, 2.05) is 29.8 Å². The molecule has 102 valence electrons. The summed E-state index contributed by atoms with van der Waals surface area (Å²) >= 11 is 0. The SMILES string of the molecule is Cc1ccc(CN)cc1OCc1ncnn1C(C)C. The van der Waals surface area contributed by atoms with Crippen molar-refractivity contribution in [3.05, 3.63) is 41.5 Å². The van der Waals surface area contributed by atoms with Crippen LogP contribution >= 0.6 is 0 Å². The number of ether oxygens (including phenoxy) is 1. The Balaban J connectivity index is 2.12. The molecule has 0 amide bonds. The Labute approximate surface area is 113 Å². The summed E-state index contributed by atoms with van der Waals surface area (Å²) in [5, 5.41) is 4.19. The van der Waals surface area contributed by atoms with Crippen molar-refractivity contribution in [3.63, 3.8) is 0 Å². The van der Waals surface area contributed by atoms with Crippen molar-refractivity contribution in [2.45, 2.75) is 40.0 Å². The van der Waals surface area contributed by atoms with Gasteiger partial charge in [0.2, 0.25) is 0 Å². The highest BCUT2D eigenvalue weighted by molar-refractivity contribution is 5.36. The first-order chi connectivity index (χ1) is 9.11. The van der Waals surface area contributed by atoms with Crippen molar-refractivity contribution in [3.8, 4) is 5.75 Å².